The molecule has 3 rings (SSSR count). The number of aromatic nitrogens is 1. The Morgan fingerprint density at radius 2 is 2.36 bits per heavy atom. The Labute approximate surface area is 138 Å². The van der Waals surface area contributed by atoms with Crippen LogP contribution in [-0.2, 0) is 4.79 Å². The molecule has 0 unspecified atom stereocenters. The monoisotopic (exact) mass is 333 g/mol. The molecule has 0 aliphatic heterocycles. The maximum atomic E-state index is 11.9. The minimum absolute atomic E-state index is 0.0602. The summed E-state index contributed by atoms with van der Waals surface area (Å²) in [7, 11) is 0. The number of nitrogens with one attached hydrogen (secondary N) is 1. The molecule has 2 aromatic rings. The Hall–Kier alpha value is -1.40. The number of para-hydroxylation sites is 1. The number of thioether (sulfide) groups is 1. The minimum atomic E-state index is -0.0602. The SMILES string of the molecule is C[C@H]1CCC/C(=N\NC(=O)CSc2nc3ccccc3s2)C1. The van der Waals surface area contributed by atoms with Crippen LogP contribution >= 0.6 is 23.1 Å². The topological polar surface area (TPSA) is 54.4 Å². The van der Waals surface area contributed by atoms with Gasteiger partial charge in [-0.15, -0.1) is 11.3 Å². The normalized spacial score (nSPS) is 20.4. The molecule has 1 fully saturated rings. The second kappa shape index (κ2) is 7.24. The van der Waals surface area contributed by atoms with Crippen molar-refractivity contribution in [1.29, 1.82) is 0 Å². The predicted molar refractivity (Wildman–Crippen MR) is 93.6 cm³/mol. The van der Waals surface area contributed by atoms with E-state index in [1.807, 2.05) is 24.3 Å². The highest BCUT2D eigenvalue weighted by molar-refractivity contribution is 8.01. The molecule has 1 atom stereocenters. The zero-order chi connectivity index (χ0) is 15.4. The first-order chi connectivity index (χ1) is 10.7. The average Bonchev–Trinajstić information content (AvgIpc) is 2.94. The number of carbonyl (C=O) groups is 1. The molecule has 6 heteroatoms. The zero-order valence-corrected chi connectivity index (χ0v) is 14.2. The Bertz CT molecular complexity index is 663. The highest BCUT2D eigenvalue weighted by Gasteiger charge is 2.14. The highest BCUT2D eigenvalue weighted by atomic mass is 32.2. The summed E-state index contributed by atoms with van der Waals surface area (Å²) < 4.78 is 2.08. The van der Waals surface area contributed by atoms with Crippen molar-refractivity contribution in [2.75, 3.05) is 5.75 Å². The van der Waals surface area contributed by atoms with E-state index in [-0.39, 0.29) is 5.91 Å². The van der Waals surface area contributed by atoms with Crippen LogP contribution in [0, 0.1) is 5.92 Å². The molecule has 116 valence electrons. The van der Waals surface area contributed by atoms with Gasteiger partial charge in [0.1, 0.15) is 0 Å². The van der Waals surface area contributed by atoms with Gasteiger partial charge >= 0.3 is 0 Å². The standard InChI is InChI=1S/C16H19N3OS2/c1-11-5-4-6-12(9-11)18-19-15(20)10-21-16-17-13-7-2-3-8-14(13)22-16/h2-3,7-8,11H,4-6,9-10H2,1H3,(H,19,20)/b18-12+/t11-/m0/s1. The second-order valence-electron chi connectivity index (χ2n) is 5.65. The van der Waals surface area contributed by atoms with Crippen LogP contribution < -0.4 is 5.43 Å². The molecule has 1 N–H and O–H groups in total. The number of rotatable bonds is 4. The van der Waals surface area contributed by atoms with Gasteiger partial charge in [0.15, 0.2) is 4.34 Å². The number of benzene rings is 1. The van der Waals surface area contributed by atoms with Crippen molar-refractivity contribution in [3.05, 3.63) is 24.3 Å². The molecule has 4 nitrogen and oxygen atoms in total. The van der Waals surface area contributed by atoms with Gasteiger partial charge in [0.25, 0.3) is 5.91 Å². The average molecular weight is 333 g/mol. The van der Waals surface area contributed by atoms with E-state index in [4.69, 9.17) is 0 Å². The minimum Gasteiger partial charge on any atom is -0.272 e. The van der Waals surface area contributed by atoms with Gasteiger partial charge < -0.3 is 0 Å². The molecular formula is C16H19N3OS2. The molecule has 22 heavy (non-hydrogen) atoms. The van der Waals surface area contributed by atoms with Crippen molar-refractivity contribution in [1.82, 2.24) is 10.4 Å². The molecule has 1 aromatic carbocycles. The molecule has 1 amide bonds. The van der Waals surface area contributed by atoms with Crippen molar-refractivity contribution in [2.24, 2.45) is 11.0 Å². The molecule has 1 saturated carbocycles. The van der Waals surface area contributed by atoms with Gasteiger partial charge in [0, 0.05) is 5.71 Å². The van der Waals surface area contributed by atoms with Crippen molar-refractivity contribution >= 4 is 44.9 Å². The highest BCUT2D eigenvalue weighted by Crippen LogP contribution is 2.29. The summed E-state index contributed by atoms with van der Waals surface area (Å²) in [4.78, 5) is 16.4. The first kappa shape index (κ1) is 15.5. The van der Waals surface area contributed by atoms with E-state index in [1.54, 1.807) is 11.3 Å². The number of carbonyl (C=O) groups excluding carboxylic acids is 1. The summed E-state index contributed by atoms with van der Waals surface area (Å²) in [6.45, 7) is 2.24. The van der Waals surface area contributed by atoms with Crippen LogP contribution in [-0.4, -0.2) is 22.4 Å². The quantitative estimate of drug-likeness (QED) is 0.678. The van der Waals surface area contributed by atoms with Gasteiger partial charge in [-0.2, -0.15) is 5.10 Å². The van der Waals surface area contributed by atoms with Crippen LogP contribution in [0.5, 0.6) is 0 Å². The fraction of sp³-hybridized carbons (Fsp3) is 0.438. The summed E-state index contributed by atoms with van der Waals surface area (Å²) in [5, 5.41) is 4.28. The fourth-order valence-electron chi connectivity index (χ4n) is 2.58. The number of hydrogen-bond acceptors (Lipinski definition) is 5. The van der Waals surface area contributed by atoms with Crippen molar-refractivity contribution in [3.8, 4) is 0 Å². The third-order valence-electron chi connectivity index (χ3n) is 3.69. The fourth-order valence-corrected chi connectivity index (χ4v) is 4.44. The van der Waals surface area contributed by atoms with Gasteiger partial charge in [0.05, 0.1) is 16.0 Å². The Morgan fingerprint density at radius 3 is 3.18 bits per heavy atom. The van der Waals surface area contributed by atoms with Gasteiger partial charge in [0.2, 0.25) is 0 Å². The first-order valence-electron chi connectivity index (χ1n) is 7.53. The number of amides is 1. The summed E-state index contributed by atoms with van der Waals surface area (Å²) >= 11 is 3.09. The van der Waals surface area contributed by atoms with E-state index in [9.17, 15) is 4.79 Å². The van der Waals surface area contributed by atoms with Gasteiger partial charge in [-0.05, 0) is 43.7 Å². The molecule has 0 radical (unpaired) electrons. The molecule has 1 aromatic heterocycles. The number of hydrogen-bond donors (Lipinski definition) is 1. The molecule has 0 spiro atoms. The Morgan fingerprint density at radius 1 is 1.50 bits per heavy atom. The van der Waals surface area contributed by atoms with Crippen LogP contribution in [0.2, 0.25) is 0 Å². The summed E-state index contributed by atoms with van der Waals surface area (Å²) in [5.41, 5.74) is 4.80. The van der Waals surface area contributed by atoms with Crippen molar-refractivity contribution in [2.45, 2.75) is 36.9 Å². The number of hydrazone groups is 1. The maximum Gasteiger partial charge on any atom is 0.250 e. The van der Waals surface area contributed by atoms with Crippen LogP contribution in [0.25, 0.3) is 10.2 Å². The van der Waals surface area contributed by atoms with E-state index in [0.29, 0.717) is 11.7 Å². The predicted octanol–water partition coefficient (Wildman–Crippen LogP) is 4.07. The van der Waals surface area contributed by atoms with Crippen LogP contribution in [0.15, 0.2) is 33.7 Å². The Kier molecular flexibility index (Phi) is 5.10. The molecule has 1 aliphatic rings. The lowest BCUT2D eigenvalue weighted by Crippen LogP contribution is -2.23. The van der Waals surface area contributed by atoms with E-state index in [2.05, 4.69) is 22.4 Å². The molecule has 1 heterocycles. The summed E-state index contributed by atoms with van der Waals surface area (Å²) in [5.74, 6) is 0.975. The Balaban J connectivity index is 1.50. The third-order valence-corrected chi connectivity index (χ3v) is 5.87. The lowest BCUT2D eigenvalue weighted by atomic mass is 9.89. The van der Waals surface area contributed by atoms with Crippen LogP contribution in [0.3, 0.4) is 0 Å². The van der Waals surface area contributed by atoms with E-state index in [1.165, 1.54) is 24.6 Å². The number of fused-ring (bicyclic) bond motifs is 1. The van der Waals surface area contributed by atoms with Gasteiger partial charge in [-0.25, -0.2) is 10.4 Å². The van der Waals surface area contributed by atoms with Gasteiger partial charge in [-0.1, -0.05) is 30.8 Å². The van der Waals surface area contributed by atoms with Crippen LogP contribution in [0.4, 0.5) is 0 Å². The van der Waals surface area contributed by atoms with E-state index in [0.717, 1.165) is 33.1 Å². The van der Waals surface area contributed by atoms with Crippen molar-refractivity contribution in [3.63, 3.8) is 0 Å². The van der Waals surface area contributed by atoms with E-state index >= 15 is 0 Å². The number of nitrogens with zero attached hydrogens (tertiary/aromatic N) is 2. The second-order valence-corrected chi connectivity index (χ2v) is 7.90. The van der Waals surface area contributed by atoms with Crippen molar-refractivity contribution < 1.29 is 4.79 Å². The number of thiazole rings is 1. The van der Waals surface area contributed by atoms with Gasteiger partial charge in [-0.3, -0.25) is 4.79 Å². The lowest BCUT2D eigenvalue weighted by Gasteiger charge is -2.18. The summed E-state index contributed by atoms with van der Waals surface area (Å²) in [6, 6.07) is 8.02. The largest absolute Gasteiger partial charge is 0.272 e. The lowest BCUT2D eigenvalue weighted by molar-refractivity contribution is -0.118. The zero-order valence-electron chi connectivity index (χ0n) is 12.5. The smallest absolute Gasteiger partial charge is 0.250 e. The van der Waals surface area contributed by atoms with E-state index < -0.39 is 0 Å². The molecular weight excluding hydrogens is 314 g/mol. The third kappa shape index (κ3) is 4.08. The maximum absolute atomic E-state index is 11.9. The molecule has 0 bridgehead atoms. The van der Waals surface area contributed by atoms with Crippen LogP contribution in [0.1, 0.15) is 32.6 Å². The molecule has 0 saturated heterocycles. The first-order valence-corrected chi connectivity index (χ1v) is 9.33. The molecule has 1 aliphatic carbocycles. The summed E-state index contributed by atoms with van der Waals surface area (Å²) in [6.07, 6.45) is 4.46.